The zero-order chi connectivity index (χ0) is 12.1. The largest absolute Gasteiger partial charge is 0.378 e. The molecule has 0 amide bonds. The highest BCUT2D eigenvalue weighted by molar-refractivity contribution is 6.17. The molecule has 0 aliphatic rings. The number of rotatable bonds is 5. The molecule has 0 unspecified atom stereocenters. The summed E-state index contributed by atoms with van der Waals surface area (Å²) in [6, 6.07) is 0. The van der Waals surface area contributed by atoms with E-state index in [4.69, 9.17) is 16.3 Å². The summed E-state index contributed by atoms with van der Waals surface area (Å²) >= 11 is 5.43. The highest BCUT2D eigenvalue weighted by Crippen LogP contribution is 1.91. The summed E-state index contributed by atoms with van der Waals surface area (Å²) in [7, 11) is 0. The quantitative estimate of drug-likeness (QED) is 0.605. The lowest BCUT2D eigenvalue weighted by Crippen LogP contribution is -2.34. The zero-order valence-electron chi connectivity index (χ0n) is 9.38. The monoisotopic (exact) mass is 246 g/mol. The van der Waals surface area contributed by atoms with Gasteiger partial charge in [-0.1, -0.05) is 0 Å². The minimum absolute atomic E-state index is 0.188. The fourth-order valence-electron chi connectivity index (χ4n) is 1.26. The molecule has 0 saturated heterocycles. The van der Waals surface area contributed by atoms with Crippen LogP contribution in [0.3, 0.4) is 0 Å². The first kappa shape index (κ1) is 13.0. The van der Waals surface area contributed by atoms with Crippen molar-refractivity contribution in [2.75, 3.05) is 19.1 Å². The topological polar surface area (TPSA) is 64.1 Å². The van der Waals surface area contributed by atoms with Gasteiger partial charge in [-0.3, -0.25) is 14.7 Å². The molecule has 1 N–H and O–H groups in total. The molecule has 1 rings (SSSR count). The van der Waals surface area contributed by atoms with Crippen molar-refractivity contribution in [3.05, 3.63) is 31.8 Å². The van der Waals surface area contributed by atoms with Crippen molar-refractivity contribution in [1.29, 1.82) is 0 Å². The Hall–Kier alpha value is -1.07. The molecule has 0 spiro atoms. The van der Waals surface area contributed by atoms with Gasteiger partial charge < -0.3 is 4.74 Å². The Morgan fingerprint density at radius 3 is 2.56 bits per heavy atom. The van der Waals surface area contributed by atoms with Crippen LogP contribution in [0.1, 0.15) is 11.1 Å². The van der Waals surface area contributed by atoms with E-state index >= 15 is 0 Å². The van der Waals surface area contributed by atoms with E-state index in [1.807, 2.05) is 0 Å². The maximum atomic E-state index is 11.7. The van der Waals surface area contributed by atoms with Crippen molar-refractivity contribution in [1.82, 2.24) is 9.78 Å². The molecular formula is C10H15ClN2O3. The van der Waals surface area contributed by atoms with Gasteiger partial charge in [-0.05, 0) is 13.8 Å². The Labute approximate surface area is 98.0 Å². The number of hydrogen-bond donors (Lipinski definition) is 1. The van der Waals surface area contributed by atoms with Gasteiger partial charge in [-0.15, -0.1) is 11.6 Å². The van der Waals surface area contributed by atoms with Crippen molar-refractivity contribution in [2.24, 2.45) is 0 Å². The zero-order valence-corrected chi connectivity index (χ0v) is 10.1. The molecule has 0 aliphatic heterocycles. The minimum atomic E-state index is -0.241. The van der Waals surface area contributed by atoms with Crippen LogP contribution in [-0.2, 0) is 11.3 Å². The lowest BCUT2D eigenvalue weighted by Gasteiger charge is -2.08. The fourth-order valence-corrected chi connectivity index (χ4v) is 1.37. The third kappa shape index (κ3) is 2.96. The first-order valence-corrected chi connectivity index (χ1v) is 5.55. The Balaban J connectivity index is 2.82. The highest BCUT2D eigenvalue weighted by atomic mass is 35.5. The van der Waals surface area contributed by atoms with Gasteiger partial charge in [0.05, 0.1) is 19.8 Å². The second-order valence-electron chi connectivity index (χ2n) is 3.45. The maximum absolute atomic E-state index is 11.7. The van der Waals surface area contributed by atoms with E-state index in [1.165, 1.54) is 4.68 Å². The molecule has 0 bridgehead atoms. The number of H-pyrrole nitrogens is 1. The third-order valence-corrected chi connectivity index (χ3v) is 2.54. The van der Waals surface area contributed by atoms with E-state index < -0.39 is 0 Å². The number of nitrogens with one attached hydrogen (secondary N) is 1. The normalized spacial score (nSPS) is 10.7. The molecule has 90 valence electrons. The molecule has 6 heteroatoms. The Bertz CT molecular complexity index is 464. The van der Waals surface area contributed by atoms with Gasteiger partial charge in [-0.2, -0.15) is 0 Å². The number of halogens is 1. The predicted octanol–water partition coefficient (Wildman–Crippen LogP) is 0.409. The summed E-state index contributed by atoms with van der Waals surface area (Å²) in [6.45, 7) is 4.38. The summed E-state index contributed by atoms with van der Waals surface area (Å²) in [5, 5.41) is 2.50. The smallest absolute Gasteiger partial charge is 0.268 e. The average molecular weight is 247 g/mol. The van der Waals surface area contributed by atoms with Crippen LogP contribution in [-0.4, -0.2) is 28.9 Å². The van der Waals surface area contributed by atoms with Crippen molar-refractivity contribution < 1.29 is 4.74 Å². The van der Waals surface area contributed by atoms with E-state index in [-0.39, 0.29) is 11.1 Å². The van der Waals surface area contributed by atoms with Crippen LogP contribution in [0.15, 0.2) is 9.59 Å². The van der Waals surface area contributed by atoms with Crippen molar-refractivity contribution in [3.8, 4) is 0 Å². The molecule has 5 nitrogen and oxygen atoms in total. The minimum Gasteiger partial charge on any atom is -0.378 e. The van der Waals surface area contributed by atoms with E-state index in [9.17, 15) is 9.59 Å². The highest BCUT2D eigenvalue weighted by Gasteiger charge is 2.06. The van der Waals surface area contributed by atoms with Gasteiger partial charge in [-0.25, -0.2) is 4.68 Å². The first-order chi connectivity index (χ1) is 7.57. The summed E-state index contributed by atoms with van der Waals surface area (Å²) in [6.07, 6.45) is 0. The average Bonchev–Trinajstić information content (AvgIpc) is 2.28. The van der Waals surface area contributed by atoms with Gasteiger partial charge in [0.2, 0.25) is 0 Å². The number of ether oxygens (including phenoxy) is 1. The van der Waals surface area contributed by atoms with Crippen LogP contribution < -0.4 is 11.1 Å². The number of alkyl halides is 1. The van der Waals surface area contributed by atoms with E-state index in [0.717, 1.165) is 0 Å². The van der Waals surface area contributed by atoms with Crippen molar-refractivity contribution >= 4 is 11.6 Å². The summed E-state index contributed by atoms with van der Waals surface area (Å²) in [4.78, 5) is 23.1. The van der Waals surface area contributed by atoms with Crippen LogP contribution in [0.4, 0.5) is 0 Å². The molecule has 16 heavy (non-hydrogen) atoms. The van der Waals surface area contributed by atoms with Crippen LogP contribution >= 0.6 is 11.6 Å². The Morgan fingerprint density at radius 1 is 1.25 bits per heavy atom. The molecule has 0 aliphatic carbocycles. The van der Waals surface area contributed by atoms with E-state index in [0.29, 0.717) is 36.8 Å². The van der Waals surface area contributed by atoms with Crippen LogP contribution in [0.25, 0.3) is 0 Å². The standard InChI is InChI=1S/C10H15ClN2O3/c1-7-8(2)10(15)13(12-9(7)14)4-6-16-5-3-11/h3-6H2,1-2H3,(H,12,14). The molecule has 1 heterocycles. The molecule has 1 aromatic heterocycles. The Kier molecular flexibility index (Phi) is 4.76. The third-order valence-electron chi connectivity index (χ3n) is 2.39. The SMILES string of the molecule is Cc1c(C)c(=O)n(CCOCCCl)[nH]c1=O. The molecule has 0 radical (unpaired) electrons. The van der Waals surface area contributed by atoms with E-state index in [2.05, 4.69) is 5.10 Å². The van der Waals surface area contributed by atoms with Gasteiger partial charge in [0.15, 0.2) is 0 Å². The second kappa shape index (κ2) is 5.86. The van der Waals surface area contributed by atoms with Gasteiger partial charge >= 0.3 is 0 Å². The molecular weight excluding hydrogens is 232 g/mol. The summed E-state index contributed by atoms with van der Waals surface area (Å²) in [5.74, 6) is 0.415. The van der Waals surface area contributed by atoms with Gasteiger partial charge in [0, 0.05) is 17.0 Å². The van der Waals surface area contributed by atoms with E-state index in [1.54, 1.807) is 13.8 Å². The maximum Gasteiger partial charge on any atom is 0.268 e. The van der Waals surface area contributed by atoms with Gasteiger partial charge in [0.1, 0.15) is 0 Å². The lowest BCUT2D eigenvalue weighted by molar-refractivity contribution is 0.136. The molecule has 0 fully saturated rings. The van der Waals surface area contributed by atoms with Crippen LogP contribution in [0, 0.1) is 13.8 Å². The fraction of sp³-hybridized carbons (Fsp3) is 0.600. The Morgan fingerprint density at radius 2 is 1.94 bits per heavy atom. The predicted molar refractivity (Wildman–Crippen MR) is 62.3 cm³/mol. The summed E-state index contributed by atoms with van der Waals surface area (Å²) < 4.78 is 6.40. The van der Waals surface area contributed by atoms with Crippen molar-refractivity contribution in [3.63, 3.8) is 0 Å². The van der Waals surface area contributed by atoms with Gasteiger partial charge in [0.25, 0.3) is 11.1 Å². The van der Waals surface area contributed by atoms with Crippen LogP contribution in [0.5, 0.6) is 0 Å². The number of aromatic amines is 1. The summed E-state index contributed by atoms with van der Waals surface area (Å²) in [5.41, 5.74) is 0.505. The van der Waals surface area contributed by atoms with Crippen molar-refractivity contribution in [2.45, 2.75) is 20.4 Å². The molecule has 0 atom stereocenters. The second-order valence-corrected chi connectivity index (χ2v) is 3.83. The molecule has 0 saturated carbocycles. The molecule has 0 aromatic carbocycles. The number of aromatic nitrogens is 2. The number of nitrogens with zero attached hydrogens (tertiary/aromatic N) is 1. The van der Waals surface area contributed by atoms with Crippen LogP contribution in [0.2, 0.25) is 0 Å². The lowest BCUT2D eigenvalue weighted by atomic mass is 10.2. The molecule has 1 aromatic rings. The first-order valence-electron chi connectivity index (χ1n) is 5.02. The number of hydrogen-bond acceptors (Lipinski definition) is 3.